The van der Waals surface area contributed by atoms with Gasteiger partial charge >= 0.3 is 5.97 Å². The minimum absolute atomic E-state index is 0.0377. The van der Waals surface area contributed by atoms with E-state index in [2.05, 4.69) is 25.1 Å². The fraction of sp³-hybridized carbons (Fsp3) is 0.619. The van der Waals surface area contributed by atoms with Crippen molar-refractivity contribution in [2.45, 2.75) is 64.7 Å². The van der Waals surface area contributed by atoms with E-state index in [-0.39, 0.29) is 17.3 Å². The highest BCUT2D eigenvalue weighted by Crippen LogP contribution is 2.37. The molecule has 0 aromatic heterocycles. The van der Waals surface area contributed by atoms with E-state index in [0.29, 0.717) is 12.2 Å². The van der Waals surface area contributed by atoms with Crippen LogP contribution < -0.4 is 0 Å². The lowest BCUT2D eigenvalue weighted by molar-refractivity contribution is -0.145. The molecule has 1 aromatic carbocycles. The first-order valence-electron chi connectivity index (χ1n) is 9.24. The number of carbonyl (C=O) groups is 2. The molecule has 1 aromatic rings. The second kappa shape index (κ2) is 7.08. The molecule has 1 atom stereocenters. The van der Waals surface area contributed by atoms with Crippen LogP contribution in [0.4, 0.5) is 0 Å². The summed E-state index contributed by atoms with van der Waals surface area (Å²) in [5, 5.41) is 0. The lowest BCUT2D eigenvalue weighted by Gasteiger charge is -2.32. The zero-order valence-electron chi connectivity index (χ0n) is 14.9. The number of ketones is 1. The summed E-state index contributed by atoms with van der Waals surface area (Å²) in [6.07, 6.45) is 8.70. The summed E-state index contributed by atoms with van der Waals surface area (Å²) < 4.78 is 4.90. The van der Waals surface area contributed by atoms with Gasteiger partial charge < -0.3 is 4.74 Å². The normalized spacial score (nSPS) is 22.5. The van der Waals surface area contributed by atoms with Gasteiger partial charge in [-0.1, -0.05) is 44.4 Å². The van der Waals surface area contributed by atoms with E-state index in [0.717, 1.165) is 37.7 Å². The summed E-state index contributed by atoms with van der Waals surface area (Å²) in [7, 11) is 1.46. The van der Waals surface area contributed by atoms with E-state index in [1.54, 1.807) is 0 Å². The topological polar surface area (TPSA) is 43.4 Å². The van der Waals surface area contributed by atoms with Gasteiger partial charge in [0.15, 0.2) is 0 Å². The highest BCUT2D eigenvalue weighted by Gasteiger charge is 2.34. The van der Waals surface area contributed by atoms with Gasteiger partial charge in [-0.2, -0.15) is 0 Å². The number of ether oxygens (including phenoxy) is 1. The van der Waals surface area contributed by atoms with E-state index in [4.69, 9.17) is 4.74 Å². The van der Waals surface area contributed by atoms with Crippen molar-refractivity contribution in [2.75, 3.05) is 7.11 Å². The number of benzene rings is 1. The molecule has 0 N–H and O–H groups in total. The van der Waals surface area contributed by atoms with Crippen LogP contribution in [0.15, 0.2) is 18.2 Å². The van der Waals surface area contributed by atoms with Gasteiger partial charge in [0.1, 0.15) is 5.78 Å². The molecule has 1 unspecified atom stereocenters. The van der Waals surface area contributed by atoms with Gasteiger partial charge in [-0.05, 0) is 48.8 Å². The van der Waals surface area contributed by atoms with Crippen LogP contribution in [-0.4, -0.2) is 18.9 Å². The van der Waals surface area contributed by atoms with Gasteiger partial charge in [-0.25, -0.2) is 0 Å². The van der Waals surface area contributed by atoms with E-state index in [1.807, 2.05) is 0 Å². The van der Waals surface area contributed by atoms with Crippen LogP contribution in [-0.2, 0) is 33.6 Å². The molecular weight excluding hydrogens is 300 g/mol. The predicted octanol–water partition coefficient (Wildman–Crippen LogP) is 4.05. The standard InChI is InChI=1S/C21H28O3/c1-21(10-4-3-5-11-21)19(22)13-15-6-7-16-8-9-17(20(23)24-2)14-18(16)12-15/h6-7,12,17H,3-5,8-11,13-14H2,1-2H3. The molecule has 0 bridgehead atoms. The third-order valence-electron chi connectivity index (χ3n) is 6.03. The van der Waals surface area contributed by atoms with Gasteiger partial charge in [-0.3, -0.25) is 9.59 Å². The minimum atomic E-state index is -0.136. The average Bonchev–Trinajstić information content (AvgIpc) is 2.61. The Hall–Kier alpha value is -1.64. The number of aryl methyl sites for hydroxylation is 1. The van der Waals surface area contributed by atoms with Crippen molar-refractivity contribution in [1.29, 1.82) is 0 Å². The largest absolute Gasteiger partial charge is 0.469 e. The number of fused-ring (bicyclic) bond motifs is 1. The Balaban J connectivity index is 1.72. The molecule has 24 heavy (non-hydrogen) atoms. The van der Waals surface area contributed by atoms with Crippen molar-refractivity contribution >= 4 is 11.8 Å². The summed E-state index contributed by atoms with van der Waals surface area (Å²) in [6.45, 7) is 2.14. The zero-order chi connectivity index (χ0) is 17.2. The average molecular weight is 328 g/mol. The number of carbonyl (C=O) groups excluding carboxylic acids is 2. The Morgan fingerprint density at radius 1 is 1.17 bits per heavy atom. The van der Waals surface area contributed by atoms with Gasteiger partial charge in [0.25, 0.3) is 0 Å². The fourth-order valence-electron chi connectivity index (χ4n) is 4.30. The van der Waals surface area contributed by atoms with Crippen LogP contribution in [0, 0.1) is 11.3 Å². The summed E-state index contributed by atoms with van der Waals surface area (Å²) in [5.41, 5.74) is 3.49. The van der Waals surface area contributed by atoms with Crippen molar-refractivity contribution in [2.24, 2.45) is 11.3 Å². The number of esters is 1. The fourth-order valence-corrected chi connectivity index (χ4v) is 4.30. The lowest BCUT2D eigenvalue weighted by atomic mass is 9.71. The Bertz CT molecular complexity index is 626. The Labute approximate surface area is 144 Å². The van der Waals surface area contributed by atoms with E-state index in [1.165, 1.54) is 37.5 Å². The molecule has 0 saturated heterocycles. The van der Waals surface area contributed by atoms with Crippen molar-refractivity contribution in [3.05, 3.63) is 34.9 Å². The van der Waals surface area contributed by atoms with Crippen molar-refractivity contribution < 1.29 is 14.3 Å². The molecule has 0 amide bonds. The summed E-state index contributed by atoms with van der Waals surface area (Å²) in [4.78, 5) is 24.6. The molecule has 2 aliphatic carbocycles. The Morgan fingerprint density at radius 2 is 1.92 bits per heavy atom. The van der Waals surface area contributed by atoms with Crippen LogP contribution in [0.2, 0.25) is 0 Å². The Morgan fingerprint density at radius 3 is 2.62 bits per heavy atom. The monoisotopic (exact) mass is 328 g/mol. The molecule has 0 spiro atoms. The minimum Gasteiger partial charge on any atom is -0.469 e. The maximum Gasteiger partial charge on any atom is 0.309 e. The number of hydrogen-bond acceptors (Lipinski definition) is 3. The molecular formula is C21H28O3. The number of rotatable bonds is 4. The van der Waals surface area contributed by atoms with Gasteiger partial charge in [-0.15, -0.1) is 0 Å². The van der Waals surface area contributed by atoms with Crippen LogP contribution in [0.25, 0.3) is 0 Å². The second-order valence-corrected chi connectivity index (χ2v) is 7.79. The maximum absolute atomic E-state index is 12.8. The molecule has 1 fully saturated rings. The van der Waals surface area contributed by atoms with Crippen LogP contribution in [0.5, 0.6) is 0 Å². The first kappa shape index (κ1) is 17.2. The molecule has 2 aliphatic rings. The SMILES string of the molecule is COC(=O)C1CCc2ccc(CC(=O)C3(C)CCCCC3)cc2C1. The first-order chi connectivity index (χ1) is 11.5. The summed E-state index contributed by atoms with van der Waals surface area (Å²) in [5.74, 6) is 0.226. The van der Waals surface area contributed by atoms with Crippen LogP contribution in [0.3, 0.4) is 0 Å². The van der Waals surface area contributed by atoms with E-state index >= 15 is 0 Å². The molecule has 3 rings (SSSR count). The quantitative estimate of drug-likeness (QED) is 0.783. The smallest absolute Gasteiger partial charge is 0.309 e. The second-order valence-electron chi connectivity index (χ2n) is 7.79. The van der Waals surface area contributed by atoms with Crippen molar-refractivity contribution in [1.82, 2.24) is 0 Å². The first-order valence-corrected chi connectivity index (χ1v) is 9.24. The zero-order valence-corrected chi connectivity index (χ0v) is 14.9. The predicted molar refractivity (Wildman–Crippen MR) is 93.9 cm³/mol. The highest BCUT2D eigenvalue weighted by molar-refractivity contribution is 5.86. The number of hydrogen-bond donors (Lipinski definition) is 0. The molecule has 1 saturated carbocycles. The van der Waals surface area contributed by atoms with Gasteiger partial charge in [0.2, 0.25) is 0 Å². The van der Waals surface area contributed by atoms with Crippen LogP contribution >= 0.6 is 0 Å². The molecule has 0 radical (unpaired) electrons. The van der Waals surface area contributed by atoms with Gasteiger partial charge in [0, 0.05) is 11.8 Å². The Kier molecular flexibility index (Phi) is 5.07. The highest BCUT2D eigenvalue weighted by atomic mass is 16.5. The van der Waals surface area contributed by atoms with E-state index in [9.17, 15) is 9.59 Å². The van der Waals surface area contributed by atoms with Crippen LogP contribution in [0.1, 0.15) is 62.1 Å². The van der Waals surface area contributed by atoms with Gasteiger partial charge in [0.05, 0.1) is 13.0 Å². The van der Waals surface area contributed by atoms with Crippen molar-refractivity contribution in [3.8, 4) is 0 Å². The van der Waals surface area contributed by atoms with Crippen molar-refractivity contribution in [3.63, 3.8) is 0 Å². The molecule has 0 aliphatic heterocycles. The number of Topliss-reactive ketones (excluding diaryl/α,β-unsaturated/α-hetero) is 1. The third-order valence-corrected chi connectivity index (χ3v) is 6.03. The third kappa shape index (κ3) is 3.55. The summed E-state index contributed by atoms with van der Waals surface area (Å²) >= 11 is 0. The summed E-state index contributed by atoms with van der Waals surface area (Å²) in [6, 6.07) is 6.39. The maximum atomic E-state index is 12.8. The molecule has 3 heteroatoms. The lowest BCUT2D eigenvalue weighted by Crippen LogP contribution is -2.31. The molecule has 3 nitrogen and oxygen atoms in total. The molecule has 0 heterocycles. The number of methoxy groups -OCH3 is 1. The van der Waals surface area contributed by atoms with E-state index < -0.39 is 0 Å². The molecule has 130 valence electrons.